The molecule has 0 aromatic carbocycles. The smallest absolute Gasteiger partial charge is 0.234 e. The third-order valence-electron chi connectivity index (χ3n) is 1.59. The van der Waals surface area contributed by atoms with Crippen LogP contribution in [0.5, 0.6) is 0 Å². The Hall–Kier alpha value is -1.98. The fourth-order valence-corrected chi connectivity index (χ4v) is 0.972. The third kappa shape index (κ3) is 1.33. The highest BCUT2D eigenvalue weighted by Crippen LogP contribution is 2.02. The lowest BCUT2D eigenvalue weighted by Gasteiger charge is -1.87. The lowest BCUT2D eigenvalue weighted by atomic mass is 10.2. The summed E-state index contributed by atoms with van der Waals surface area (Å²) in [7, 11) is 1.80. The minimum absolute atomic E-state index is 0.227. The average Bonchev–Trinajstić information content (AvgIpc) is 2.72. The van der Waals surface area contributed by atoms with Crippen LogP contribution in [-0.4, -0.2) is 30.7 Å². The molecule has 2 aromatic heterocycles. The summed E-state index contributed by atoms with van der Waals surface area (Å²) in [6, 6.07) is 0. The van der Waals surface area contributed by atoms with Crippen LogP contribution in [-0.2, 0) is 7.05 Å². The van der Waals surface area contributed by atoms with Gasteiger partial charge in [-0.3, -0.25) is 4.79 Å². The van der Waals surface area contributed by atoms with Crippen LogP contribution in [0.2, 0.25) is 0 Å². The molecule has 0 radical (unpaired) electrons. The van der Waals surface area contributed by atoms with Gasteiger partial charge in [0.2, 0.25) is 5.78 Å². The normalized spacial score (nSPS) is 10.2. The second-order valence-corrected chi connectivity index (χ2v) is 2.61. The summed E-state index contributed by atoms with van der Waals surface area (Å²) in [4.78, 5) is 15.4. The fourth-order valence-electron chi connectivity index (χ4n) is 0.972. The summed E-state index contributed by atoms with van der Waals surface area (Å²) in [6.45, 7) is 0. The number of ketones is 1. The molecule has 2 heterocycles. The van der Waals surface area contributed by atoms with Gasteiger partial charge in [0.15, 0.2) is 5.69 Å². The molecule has 1 N–H and O–H groups in total. The molecule has 0 amide bonds. The van der Waals surface area contributed by atoms with Crippen molar-refractivity contribution in [2.24, 2.45) is 7.05 Å². The van der Waals surface area contributed by atoms with E-state index >= 15 is 0 Å². The highest BCUT2D eigenvalue weighted by Gasteiger charge is 2.13. The van der Waals surface area contributed by atoms with Crippen molar-refractivity contribution in [3.8, 4) is 0 Å². The first-order chi connectivity index (χ1) is 6.27. The number of nitrogens with one attached hydrogen (secondary N) is 1. The molecule has 0 atom stereocenters. The van der Waals surface area contributed by atoms with E-state index in [-0.39, 0.29) is 11.5 Å². The molecule has 0 spiro atoms. The van der Waals surface area contributed by atoms with E-state index in [0.29, 0.717) is 5.69 Å². The number of hydrogen-bond acceptors (Lipinski definition) is 4. The van der Waals surface area contributed by atoms with E-state index in [1.165, 1.54) is 6.20 Å². The quantitative estimate of drug-likeness (QED) is 0.643. The van der Waals surface area contributed by atoms with Crippen molar-refractivity contribution in [2.45, 2.75) is 0 Å². The molecule has 0 aliphatic heterocycles. The van der Waals surface area contributed by atoms with Crippen molar-refractivity contribution in [1.29, 1.82) is 0 Å². The summed E-state index contributed by atoms with van der Waals surface area (Å²) in [6.07, 6.45) is 4.57. The standard InChI is InChI=1S/C7H7N5O/c1-12-3-6(8-4-12)7(13)5-2-9-11-10-5/h2-4H,1H3,(H,9,10,11). The largest absolute Gasteiger partial charge is 0.340 e. The van der Waals surface area contributed by atoms with Gasteiger partial charge in [0.05, 0.1) is 12.5 Å². The van der Waals surface area contributed by atoms with Crippen LogP contribution in [0, 0.1) is 0 Å². The highest BCUT2D eigenvalue weighted by molar-refractivity contribution is 6.05. The number of imidazole rings is 1. The summed E-state index contributed by atoms with van der Waals surface area (Å²) < 4.78 is 1.70. The van der Waals surface area contributed by atoms with Crippen LogP contribution in [0.3, 0.4) is 0 Å². The molecule has 2 aromatic rings. The van der Waals surface area contributed by atoms with Crippen LogP contribution in [0.25, 0.3) is 0 Å². The Labute approximate surface area is 73.6 Å². The molecule has 0 saturated carbocycles. The minimum atomic E-state index is -0.227. The Balaban J connectivity index is 2.33. The Morgan fingerprint density at radius 3 is 2.92 bits per heavy atom. The van der Waals surface area contributed by atoms with E-state index in [2.05, 4.69) is 20.4 Å². The van der Waals surface area contributed by atoms with Gasteiger partial charge in [-0.05, 0) is 0 Å². The zero-order valence-electron chi connectivity index (χ0n) is 6.93. The molecule has 0 unspecified atom stereocenters. The lowest BCUT2D eigenvalue weighted by molar-refractivity contribution is 0.103. The Bertz CT molecular complexity index is 416. The number of rotatable bonds is 2. The highest BCUT2D eigenvalue weighted by atomic mass is 16.1. The molecule has 0 fully saturated rings. The number of aryl methyl sites for hydroxylation is 1. The van der Waals surface area contributed by atoms with Gasteiger partial charge in [0.25, 0.3) is 0 Å². The average molecular weight is 177 g/mol. The second-order valence-electron chi connectivity index (χ2n) is 2.61. The van der Waals surface area contributed by atoms with Crippen molar-refractivity contribution in [2.75, 3.05) is 0 Å². The van der Waals surface area contributed by atoms with Gasteiger partial charge in [-0.1, -0.05) is 0 Å². The molecule has 13 heavy (non-hydrogen) atoms. The monoisotopic (exact) mass is 177 g/mol. The zero-order valence-corrected chi connectivity index (χ0v) is 6.93. The lowest BCUT2D eigenvalue weighted by Crippen LogP contribution is -2.02. The van der Waals surface area contributed by atoms with Gasteiger partial charge in [-0.2, -0.15) is 15.4 Å². The number of H-pyrrole nitrogens is 1. The SMILES string of the molecule is Cn1cnc(C(=O)c2cn[nH]n2)c1. The van der Waals surface area contributed by atoms with E-state index in [9.17, 15) is 4.79 Å². The van der Waals surface area contributed by atoms with Crippen LogP contribution in [0.4, 0.5) is 0 Å². The number of carbonyl (C=O) groups excluding carboxylic acids is 1. The molecule has 6 heteroatoms. The second kappa shape index (κ2) is 2.81. The predicted octanol–water partition coefficient (Wildman–Crippen LogP) is -0.231. The van der Waals surface area contributed by atoms with Gasteiger partial charge < -0.3 is 4.57 Å². The van der Waals surface area contributed by atoms with Gasteiger partial charge in [-0.15, -0.1) is 0 Å². The molecule has 66 valence electrons. The first kappa shape index (κ1) is 7.66. The van der Waals surface area contributed by atoms with Crippen molar-refractivity contribution in [1.82, 2.24) is 25.0 Å². The Morgan fingerprint density at radius 2 is 2.38 bits per heavy atom. The molecule has 0 aliphatic carbocycles. The van der Waals surface area contributed by atoms with E-state index in [0.717, 1.165) is 0 Å². The van der Waals surface area contributed by atoms with Crippen molar-refractivity contribution >= 4 is 5.78 Å². The molecule has 2 rings (SSSR count). The maximum atomic E-state index is 11.5. The maximum absolute atomic E-state index is 11.5. The van der Waals surface area contributed by atoms with Crippen molar-refractivity contribution in [3.63, 3.8) is 0 Å². The number of hydrogen-bond donors (Lipinski definition) is 1. The van der Waals surface area contributed by atoms with E-state index < -0.39 is 0 Å². The van der Waals surface area contributed by atoms with Crippen molar-refractivity contribution < 1.29 is 4.79 Å². The molecule has 0 aliphatic rings. The topological polar surface area (TPSA) is 76.5 Å². The zero-order chi connectivity index (χ0) is 9.26. The fraction of sp³-hybridized carbons (Fsp3) is 0.143. The summed E-state index contributed by atoms with van der Waals surface area (Å²) in [5, 5.41) is 9.58. The molecule has 0 saturated heterocycles. The summed E-state index contributed by atoms with van der Waals surface area (Å²) >= 11 is 0. The van der Waals surface area contributed by atoms with Gasteiger partial charge >= 0.3 is 0 Å². The number of carbonyl (C=O) groups is 1. The summed E-state index contributed by atoms with van der Waals surface area (Å²) in [5.41, 5.74) is 0.648. The summed E-state index contributed by atoms with van der Waals surface area (Å²) in [5.74, 6) is -0.227. The van der Waals surface area contributed by atoms with Crippen LogP contribution >= 0.6 is 0 Å². The van der Waals surface area contributed by atoms with Gasteiger partial charge in [0, 0.05) is 13.2 Å². The first-order valence-corrected chi connectivity index (χ1v) is 3.66. The van der Waals surface area contributed by atoms with Crippen LogP contribution < -0.4 is 0 Å². The van der Waals surface area contributed by atoms with Crippen LogP contribution in [0.1, 0.15) is 16.2 Å². The predicted molar refractivity (Wildman–Crippen MR) is 43.0 cm³/mol. The number of nitrogens with zero attached hydrogens (tertiary/aromatic N) is 4. The first-order valence-electron chi connectivity index (χ1n) is 3.66. The van der Waals surface area contributed by atoms with Gasteiger partial charge in [0.1, 0.15) is 5.69 Å². The number of aromatic amines is 1. The van der Waals surface area contributed by atoms with E-state index in [1.807, 2.05) is 0 Å². The van der Waals surface area contributed by atoms with E-state index in [4.69, 9.17) is 0 Å². The maximum Gasteiger partial charge on any atom is 0.234 e. The van der Waals surface area contributed by atoms with Crippen LogP contribution in [0.15, 0.2) is 18.7 Å². The molecule has 0 bridgehead atoms. The molecular formula is C7H7N5O. The minimum Gasteiger partial charge on any atom is -0.340 e. The number of aromatic nitrogens is 5. The molecule has 6 nitrogen and oxygen atoms in total. The molecular weight excluding hydrogens is 170 g/mol. The van der Waals surface area contributed by atoms with Crippen molar-refractivity contribution in [3.05, 3.63) is 30.1 Å². The Morgan fingerprint density at radius 1 is 1.54 bits per heavy atom. The van der Waals surface area contributed by atoms with E-state index in [1.54, 1.807) is 24.1 Å². The Kier molecular flexibility index (Phi) is 1.66. The van der Waals surface area contributed by atoms with Gasteiger partial charge in [-0.25, -0.2) is 4.98 Å². The third-order valence-corrected chi connectivity index (χ3v) is 1.59.